The highest BCUT2D eigenvalue weighted by molar-refractivity contribution is 7.87. The molecule has 1 heterocycles. The molecule has 1 aliphatic carbocycles. The predicted octanol–water partition coefficient (Wildman–Crippen LogP) is 1.68. The summed E-state index contributed by atoms with van der Waals surface area (Å²) in [7, 11) is -4.18. The minimum atomic E-state index is -4.18. The minimum Gasteiger partial charge on any atom is -0.492 e. The van der Waals surface area contributed by atoms with Crippen molar-refractivity contribution in [3.8, 4) is 5.75 Å². The molecule has 29 heavy (non-hydrogen) atoms. The van der Waals surface area contributed by atoms with Crippen LogP contribution in [0.25, 0.3) is 0 Å². The molecule has 0 bridgehead atoms. The average molecular weight is 450 g/mol. The number of hydrogen-bond acceptors (Lipinski definition) is 6. The summed E-state index contributed by atoms with van der Waals surface area (Å²) >= 11 is 6.13. The molecule has 3 rings (SSSR count). The number of nitrogens with one attached hydrogen (secondary N) is 1. The Hall–Kier alpha value is -1.46. The van der Waals surface area contributed by atoms with E-state index in [1.165, 1.54) is 0 Å². The average Bonchev–Trinajstić information content (AvgIpc) is 3.21. The van der Waals surface area contributed by atoms with Gasteiger partial charge in [0.2, 0.25) is 0 Å². The van der Waals surface area contributed by atoms with Gasteiger partial charge >= 0.3 is 10.2 Å². The van der Waals surface area contributed by atoms with Crippen LogP contribution >= 0.6 is 11.6 Å². The van der Waals surface area contributed by atoms with Gasteiger partial charge in [0, 0.05) is 25.7 Å². The number of carbonyl (C=O) groups is 1. The highest BCUT2D eigenvalue weighted by Gasteiger charge is 2.31. The summed E-state index contributed by atoms with van der Waals surface area (Å²) in [4.78, 5) is 12.4. The van der Waals surface area contributed by atoms with E-state index in [0.717, 1.165) is 42.1 Å². The zero-order valence-corrected chi connectivity index (χ0v) is 17.5. The maximum atomic E-state index is 14.5. The van der Waals surface area contributed by atoms with Gasteiger partial charge in [-0.15, -0.1) is 0 Å². The van der Waals surface area contributed by atoms with Gasteiger partial charge in [-0.2, -0.15) is 12.7 Å². The van der Waals surface area contributed by atoms with Gasteiger partial charge < -0.3 is 15.2 Å². The molecule has 1 aliphatic heterocycles. The Balaban J connectivity index is 1.67. The van der Waals surface area contributed by atoms with Gasteiger partial charge in [-0.05, 0) is 24.8 Å². The lowest BCUT2D eigenvalue weighted by atomic mass is 10.1. The molecule has 1 amide bonds. The molecule has 1 atom stereocenters. The molecule has 0 aromatic heterocycles. The van der Waals surface area contributed by atoms with E-state index >= 15 is 0 Å². The lowest BCUT2D eigenvalue weighted by molar-refractivity contribution is 0.00414. The first-order valence-corrected chi connectivity index (χ1v) is 11.4. The van der Waals surface area contributed by atoms with Crippen LogP contribution in [-0.2, 0) is 14.9 Å². The topological polar surface area (TPSA) is 111 Å². The number of benzene rings is 1. The van der Waals surface area contributed by atoms with Crippen molar-refractivity contribution >= 4 is 27.7 Å². The number of nitrogens with zero attached hydrogens (tertiary/aromatic N) is 1. The van der Waals surface area contributed by atoms with Crippen molar-refractivity contribution in [3.63, 3.8) is 0 Å². The van der Waals surface area contributed by atoms with E-state index in [0.29, 0.717) is 12.5 Å². The van der Waals surface area contributed by atoms with Crippen molar-refractivity contribution in [2.75, 3.05) is 32.8 Å². The van der Waals surface area contributed by atoms with E-state index in [4.69, 9.17) is 26.8 Å². The van der Waals surface area contributed by atoms with Crippen LogP contribution in [0.2, 0.25) is 5.02 Å². The zero-order chi connectivity index (χ0) is 21.0. The monoisotopic (exact) mass is 449 g/mol. The van der Waals surface area contributed by atoms with Crippen molar-refractivity contribution < 1.29 is 27.1 Å². The van der Waals surface area contributed by atoms with Crippen LogP contribution in [0.5, 0.6) is 5.75 Å². The number of halogens is 2. The third kappa shape index (κ3) is 5.58. The van der Waals surface area contributed by atoms with Gasteiger partial charge in [0.25, 0.3) is 5.91 Å². The summed E-state index contributed by atoms with van der Waals surface area (Å²) in [5.41, 5.74) is 5.03. The van der Waals surface area contributed by atoms with Crippen molar-refractivity contribution in [1.29, 1.82) is 0 Å². The Kier molecular flexibility index (Phi) is 7.33. The second-order valence-electron chi connectivity index (χ2n) is 7.25. The first-order valence-electron chi connectivity index (χ1n) is 9.56. The van der Waals surface area contributed by atoms with Crippen LogP contribution in [0.4, 0.5) is 4.39 Å². The Morgan fingerprint density at radius 1 is 1.38 bits per heavy atom. The fraction of sp³-hybridized carbons (Fsp3) is 0.611. The lowest BCUT2D eigenvalue weighted by Crippen LogP contribution is -2.52. The fourth-order valence-corrected chi connectivity index (χ4v) is 4.86. The zero-order valence-electron chi connectivity index (χ0n) is 15.9. The van der Waals surface area contributed by atoms with Crippen LogP contribution in [0.1, 0.15) is 36.0 Å². The second-order valence-corrected chi connectivity index (χ2v) is 9.32. The van der Waals surface area contributed by atoms with E-state index in [1.807, 2.05) is 4.72 Å². The van der Waals surface area contributed by atoms with Crippen molar-refractivity contribution in [2.45, 2.75) is 31.8 Å². The Morgan fingerprint density at radius 3 is 2.79 bits per heavy atom. The fourth-order valence-electron chi connectivity index (χ4n) is 3.49. The van der Waals surface area contributed by atoms with Gasteiger partial charge in [-0.1, -0.05) is 24.4 Å². The SMILES string of the molecule is NCC1CN(S(=O)(=O)NC(=O)c2cc(Cl)c(OCC3CCCC3)cc2F)CCO1. The smallest absolute Gasteiger partial charge is 0.304 e. The van der Waals surface area contributed by atoms with Crippen LogP contribution < -0.4 is 15.2 Å². The minimum absolute atomic E-state index is 0.0102. The maximum Gasteiger partial charge on any atom is 0.304 e. The molecule has 0 radical (unpaired) electrons. The van der Waals surface area contributed by atoms with Crippen LogP contribution in [0.3, 0.4) is 0 Å². The standard InChI is InChI=1S/C18H25ClFN3O5S/c19-15-7-14(16(20)8-17(15)28-11-12-3-1-2-4-12)18(24)22-29(25,26)23-5-6-27-13(9-21)10-23/h7-8,12-13H,1-6,9-11,21H2,(H,22,24). The molecule has 11 heteroatoms. The van der Waals surface area contributed by atoms with E-state index in [-0.39, 0.29) is 37.0 Å². The van der Waals surface area contributed by atoms with E-state index in [9.17, 15) is 17.6 Å². The number of hydrogen-bond donors (Lipinski definition) is 2. The molecule has 3 N–H and O–H groups in total. The third-order valence-corrected chi connectivity index (χ3v) is 6.89. The molecule has 2 aliphatic rings. The number of morpholine rings is 1. The quantitative estimate of drug-likeness (QED) is 0.655. The summed E-state index contributed by atoms with van der Waals surface area (Å²) in [6.45, 7) is 0.807. The lowest BCUT2D eigenvalue weighted by Gasteiger charge is -2.31. The summed E-state index contributed by atoms with van der Waals surface area (Å²) in [6, 6.07) is 2.09. The summed E-state index contributed by atoms with van der Waals surface area (Å²) in [6.07, 6.45) is 3.96. The molecule has 8 nitrogen and oxygen atoms in total. The molecule has 1 saturated heterocycles. The number of nitrogens with two attached hydrogens (primary N) is 1. The largest absolute Gasteiger partial charge is 0.492 e. The number of carbonyl (C=O) groups excluding carboxylic acids is 1. The van der Waals surface area contributed by atoms with Gasteiger partial charge in [0.1, 0.15) is 11.6 Å². The molecule has 1 unspecified atom stereocenters. The van der Waals surface area contributed by atoms with Crippen molar-refractivity contribution in [1.82, 2.24) is 9.03 Å². The van der Waals surface area contributed by atoms with E-state index in [2.05, 4.69) is 0 Å². The highest BCUT2D eigenvalue weighted by Crippen LogP contribution is 2.31. The first kappa shape index (κ1) is 22.2. The van der Waals surface area contributed by atoms with Crippen molar-refractivity contribution in [3.05, 3.63) is 28.5 Å². The molecule has 162 valence electrons. The Morgan fingerprint density at radius 2 is 2.10 bits per heavy atom. The second kappa shape index (κ2) is 9.57. The summed E-state index contributed by atoms with van der Waals surface area (Å²) in [5.74, 6) is -1.48. The van der Waals surface area contributed by atoms with E-state index in [1.54, 1.807) is 0 Å². The van der Waals surface area contributed by atoms with Gasteiger partial charge in [0.15, 0.2) is 0 Å². The third-order valence-electron chi connectivity index (χ3n) is 5.14. The highest BCUT2D eigenvalue weighted by atomic mass is 35.5. The predicted molar refractivity (Wildman–Crippen MR) is 106 cm³/mol. The van der Waals surface area contributed by atoms with Crippen LogP contribution in [0, 0.1) is 11.7 Å². The molecule has 0 spiro atoms. The summed E-state index contributed by atoms with van der Waals surface area (Å²) in [5, 5.41) is 0.0431. The molecule has 1 saturated carbocycles. The first-order chi connectivity index (χ1) is 13.8. The van der Waals surface area contributed by atoms with Crippen LogP contribution in [-0.4, -0.2) is 57.6 Å². The Labute approximate surface area is 174 Å². The molecular weight excluding hydrogens is 425 g/mol. The number of ether oxygens (including phenoxy) is 2. The number of rotatable bonds is 7. The summed E-state index contributed by atoms with van der Waals surface area (Å²) < 4.78 is 53.2. The van der Waals surface area contributed by atoms with Crippen LogP contribution in [0.15, 0.2) is 12.1 Å². The molecular formula is C18H25ClFN3O5S. The normalized spacial score (nSPS) is 21.3. The van der Waals surface area contributed by atoms with E-state index < -0.39 is 33.6 Å². The van der Waals surface area contributed by atoms with Gasteiger partial charge in [-0.25, -0.2) is 9.11 Å². The number of amides is 1. The maximum absolute atomic E-state index is 14.5. The Bertz CT molecular complexity index is 848. The van der Waals surface area contributed by atoms with Gasteiger partial charge in [0.05, 0.1) is 29.9 Å². The molecule has 2 fully saturated rings. The van der Waals surface area contributed by atoms with Crippen molar-refractivity contribution in [2.24, 2.45) is 11.7 Å². The van der Waals surface area contributed by atoms with Gasteiger partial charge in [-0.3, -0.25) is 4.79 Å². The molecule has 1 aromatic rings. The molecule has 1 aromatic carbocycles.